The zero-order valence-electron chi connectivity index (χ0n) is 7.04. The van der Waals surface area contributed by atoms with Gasteiger partial charge in [0.25, 0.3) is 0 Å². The van der Waals surface area contributed by atoms with E-state index >= 15 is 0 Å². The van der Waals surface area contributed by atoms with Crippen molar-refractivity contribution in [2.75, 3.05) is 6.61 Å². The van der Waals surface area contributed by atoms with Crippen LogP contribution >= 0.6 is 15.9 Å². The minimum atomic E-state index is -1.03. The van der Waals surface area contributed by atoms with Crippen LogP contribution in [0.25, 0.3) is 0 Å². The largest absolute Gasteiger partial charge is 0.504 e. The fourth-order valence-corrected chi connectivity index (χ4v) is 1.73. The molecular formula is C8H9BrFNO3. The smallest absolute Gasteiger partial charge is 0.194 e. The summed E-state index contributed by atoms with van der Waals surface area (Å²) in [5, 5.41) is 26.9. The zero-order valence-corrected chi connectivity index (χ0v) is 8.62. The molecule has 1 atom stereocenters. The van der Waals surface area contributed by atoms with Crippen LogP contribution in [0.3, 0.4) is 0 Å². The van der Waals surface area contributed by atoms with Gasteiger partial charge in [0.2, 0.25) is 0 Å². The third-order valence-electron chi connectivity index (χ3n) is 1.78. The Hall–Kier alpha value is -0.850. The molecule has 1 aromatic carbocycles. The Labute approximate surface area is 87.9 Å². The Bertz CT molecular complexity index is 359. The Morgan fingerprint density at radius 2 is 2.07 bits per heavy atom. The normalized spacial score (nSPS) is 12.9. The predicted octanol–water partition coefficient (Wildman–Crippen LogP) is 0.991. The van der Waals surface area contributed by atoms with Gasteiger partial charge in [-0.3, -0.25) is 0 Å². The first-order chi connectivity index (χ1) is 6.49. The van der Waals surface area contributed by atoms with E-state index in [1.165, 1.54) is 0 Å². The molecular weight excluding hydrogens is 257 g/mol. The van der Waals surface area contributed by atoms with Gasteiger partial charge in [-0.05, 0) is 6.07 Å². The van der Waals surface area contributed by atoms with Crippen LogP contribution in [0.15, 0.2) is 10.5 Å². The van der Waals surface area contributed by atoms with E-state index < -0.39 is 30.0 Å². The third-order valence-corrected chi connectivity index (χ3v) is 2.43. The molecule has 1 rings (SSSR count). The highest BCUT2D eigenvalue weighted by atomic mass is 79.9. The number of aliphatic hydroxyl groups excluding tert-OH is 1. The molecule has 14 heavy (non-hydrogen) atoms. The number of phenols is 2. The Kier molecular flexibility index (Phi) is 3.30. The molecule has 0 aliphatic carbocycles. The second-order valence-electron chi connectivity index (χ2n) is 2.74. The predicted molar refractivity (Wildman–Crippen MR) is 51.4 cm³/mol. The lowest BCUT2D eigenvalue weighted by molar-refractivity contribution is 0.263. The van der Waals surface area contributed by atoms with Crippen molar-refractivity contribution in [1.82, 2.24) is 0 Å². The van der Waals surface area contributed by atoms with E-state index in [9.17, 15) is 4.39 Å². The average molecular weight is 266 g/mol. The van der Waals surface area contributed by atoms with Crippen molar-refractivity contribution in [2.45, 2.75) is 6.04 Å². The maximum Gasteiger partial charge on any atom is 0.194 e. The van der Waals surface area contributed by atoms with Crippen molar-refractivity contribution in [2.24, 2.45) is 5.73 Å². The van der Waals surface area contributed by atoms with Gasteiger partial charge in [0.15, 0.2) is 17.3 Å². The molecule has 0 saturated carbocycles. The lowest BCUT2D eigenvalue weighted by Crippen LogP contribution is -2.16. The van der Waals surface area contributed by atoms with Gasteiger partial charge in [-0.2, -0.15) is 0 Å². The zero-order chi connectivity index (χ0) is 10.9. The number of benzene rings is 1. The summed E-state index contributed by atoms with van der Waals surface area (Å²) in [6.07, 6.45) is 0. The van der Waals surface area contributed by atoms with Crippen LogP contribution in [0.1, 0.15) is 11.6 Å². The summed E-state index contributed by atoms with van der Waals surface area (Å²) in [4.78, 5) is 0. The average Bonchev–Trinajstić information content (AvgIpc) is 2.14. The highest BCUT2D eigenvalue weighted by molar-refractivity contribution is 9.10. The van der Waals surface area contributed by atoms with Crippen molar-refractivity contribution in [1.29, 1.82) is 0 Å². The number of phenolic OH excluding ortho intramolecular Hbond substituents is 2. The SMILES string of the molecule is NC(CO)c1c(Br)cc(O)c(O)c1F. The maximum absolute atomic E-state index is 13.3. The van der Waals surface area contributed by atoms with Crippen LogP contribution < -0.4 is 5.73 Å². The number of hydrogen-bond acceptors (Lipinski definition) is 4. The molecule has 0 spiro atoms. The molecule has 0 aliphatic heterocycles. The monoisotopic (exact) mass is 265 g/mol. The first-order valence-electron chi connectivity index (χ1n) is 3.75. The Balaban J connectivity index is 3.36. The van der Waals surface area contributed by atoms with Crippen molar-refractivity contribution in [3.05, 3.63) is 21.9 Å². The topological polar surface area (TPSA) is 86.7 Å². The van der Waals surface area contributed by atoms with E-state index in [2.05, 4.69) is 15.9 Å². The van der Waals surface area contributed by atoms with Gasteiger partial charge < -0.3 is 21.1 Å². The second-order valence-corrected chi connectivity index (χ2v) is 3.60. The molecule has 0 bridgehead atoms. The summed E-state index contributed by atoms with van der Waals surface area (Å²) in [5.41, 5.74) is 5.34. The molecule has 6 heteroatoms. The van der Waals surface area contributed by atoms with Gasteiger partial charge in [0.05, 0.1) is 12.6 Å². The molecule has 0 aromatic heterocycles. The van der Waals surface area contributed by atoms with Crippen molar-refractivity contribution in [3.63, 3.8) is 0 Å². The van der Waals surface area contributed by atoms with Gasteiger partial charge in [-0.25, -0.2) is 4.39 Å². The molecule has 4 nitrogen and oxygen atoms in total. The highest BCUT2D eigenvalue weighted by Gasteiger charge is 2.20. The Morgan fingerprint density at radius 1 is 1.50 bits per heavy atom. The third kappa shape index (κ3) is 1.82. The lowest BCUT2D eigenvalue weighted by Gasteiger charge is -2.13. The summed E-state index contributed by atoms with van der Waals surface area (Å²) in [5.74, 6) is -2.48. The highest BCUT2D eigenvalue weighted by Crippen LogP contribution is 2.37. The van der Waals surface area contributed by atoms with Crippen LogP contribution in [0.2, 0.25) is 0 Å². The van der Waals surface area contributed by atoms with Gasteiger partial charge in [0.1, 0.15) is 0 Å². The van der Waals surface area contributed by atoms with Gasteiger partial charge in [-0.1, -0.05) is 15.9 Å². The molecule has 0 fully saturated rings. The Morgan fingerprint density at radius 3 is 2.57 bits per heavy atom. The second kappa shape index (κ2) is 4.12. The fourth-order valence-electron chi connectivity index (χ4n) is 1.04. The van der Waals surface area contributed by atoms with Crippen LogP contribution in [0.4, 0.5) is 4.39 Å². The molecule has 0 amide bonds. The van der Waals surface area contributed by atoms with Gasteiger partial charge in [-0.15, -0.1) is 0 Å². The lowest BCUT2D eigenvalue weighted by atomic mass is 10.1. The molecule has 0 saturated heterocycles. The minimum absolute atomic E-state index is 0.0669. The number of rotatable bonds is 2. The van der Waals surface area contributed by atoms with Crippen molar-refractivity contribution in [3.8, 4) is 11.5 Å². The van der Waals surface area contributed by atoms with Crippen LogP contribution in [0, 0.1) is 5.82 Å². The van der Waals surface area contributed by atoms with E-state index in [1.807, 2.05) is 0 Å². The first-order valence-corrected chi connectivity index (χ1v) is 4.54. The van der Waals surface area contributed by atoms with E-state index in [-0.39, 0.29) is 10.0 Å². The molecule has 0 heterocycles. The summed E-state index contributed by atoms with van der Waals surface area (Å²) >= 11 is 2.97. The summed E-state index contributed by atoms with van der Waals surface area (Å²) < 4.78 is 13.5. The fraction of sp³-hybridized carbons (Fsp3) is 0.250. The molecule has 1 unspecified atom stereocenters. The summed E-state index contributed by atoms with van der Waals surface area (Å²) in [6.45, 7) is -0.459. The van der Waals surface area contributed by atoms with E-state index in [0.717, 1.165) is 6.07 Å². The van der Waals surface area contributed by atoms with E-state index in [4.69, 9.17) is 21.1 Å². The number of hydrogen-bond donors (Lipinski definition) is 4. The van der Waals surface area contributed by atoms with Crippen LogP contribution in [0.5, 0.6) is 11.5 Å². The molecule has 5 N–H and O–H groups in total. The van der Waals surface area contributed by atoms with Crippen LogP contribution in [-0.4, -0.2) is 21.9 Å². The van der Waals surface area contributed by atoms with Crippen molar-refractivity contribution < 1.29 is 19.7 Å². The number of aromatic hydroxyl groups is 2. The summed E-state index contributed by atoms with van der Waals surface area (Å²) in [7, 11) is 0. The molecule has 0 radical (unpaired) electrons. The van der Waals surface area contributed by atoms with E-state index in [0.29, 0.717) is 0 Å². The quantitative estimate of drug-likeness (QED) is 0.601. The number of halogens is 2. The molecule has 1 aromatic rings. The maximum atomic E-state index is 13.3. The first kappa shape index (κ1) is 11.2. The minimum Gasteiger partial charge on any atom is -0.504 e. The number of nitrogens with two attached hydrogens (primary N) is 1. The van der Waals surface area contributed by atoms with Gasteiger partial charge >= 0.3 is 0 Å². The van der Waals surface area contributed by atoms with Crippen molar-refractivity contribution >= 4 is 15.9 Å². The molecule has 0 aliphatic rings. The van der Waals surface area contributed by atoms with Crippen LogP contribution in [-0.2, 0) is 0 Å². The standard InChI is InChI=1S/C8H9BrFNO3/c9-3-1-5(13)8(14)7(10)6(3)4(11)2-12/h1,4,12-14H,2,11H2. The molecule has 78 valence electrons. The van der Waals surface area contributed by atoms with E-state index in [1.54, 1.807) is 0 Å². The van der Waals surface area contributed by atoms with Gasteiger partial charge in [0, 0.05) is 10.0 Å². The number of aliphatic hydroxyl groups is 1. The summed E-state index contributed by atoms with van der Waals surface area (Å²) in [6, 6.07) is 0.166.